The van der Waals surface area contributed by atoms with E-state index >= 15 is 0 Å². The second kappa shape index (κ2) is 16.0. The Labute approximate surface area is 299 Å². The molecule has 1 saturated heterocycles. The van der Waals surface area contributed by atoms with Crippen LogP contribution in [-0.4, -0.2) is 104 Å². The zero-order valence-corrected chi connectivity index (χ0v) is 32.3. The summed E-state index contributed by atoms with van der Waals surface area (Å²) in [5.74, 6) is -0.142. The lowest BCUT2D eigenvalue weighted by Crippen LogP contribution is -2.63. The highest BCUT2D eigenvalue weighted by atomic mass is 32.2. The molecule has 0 aromatic rings. The van der Waals surface area contributed by atoms with Gasteiger partial charge < -0.3 is 26.2 Å². The van der Waals surface area contributed by atoms with Crippen LogP contribution in [0.5, 0.6) is 0 Å². The quantitative estimate of drug-likeness (QED) is 0.149. The minimum absolute atomic E-state index is 0.0362. The number of carbonyl (C=O) groups excluding carboxylic acids is 5. The van der Waals surface area contributed by atoms with Crippen LogP contribution in [0.2, 0.25) is 0 Å². The molecule has 6 atom stereocenters. The van der Waals surface area contributed by atoms with E-state index in [0.717, 1.165) is 25.5 Å². The van der Waals surface area contributed by atoms with Crippen LogP contribution in [0.3, 0.4) is 0 Å². The molecule has 0 aromatic carbocycles. The van der Waals surface area contributed by atoms with Gasteiger partial charge in [0.25, 0.3) is 5.91 Å². The molecule has 0 spiro atoms. The molecule has 0 bridgehead atoms. The van der Waals surface area contributed by atoms with E-state index in [1.54, 1.807) is 4.90 Å². The third-order valence-electron chi connectivity index (χ3n) is 11.3. The van der Waals surface area contributed by atoms with Gasteiger partial charge in [-0.05, 0) is 53.8 Å². The molecule has 1 aliphatic heterocycles. The number of likely N-dealkylation sites (tertiary alicyclic amines) is 1. The summed E-state index contributed by atoms with van der Waals surface area (Å²) in [7, 11) is -2.06. The molecular formula is C36H60N6O7S. The average Bonchev–Trinajstić information content (AvgIpc) is 3.33. The lowest BCUT2D eigenvalue weighted by atomic mass is 9.70. The van der Waals surface area contributed by atoms with E-state index in [0.29, 0.717) is 32.4 Å². The first kappa shape index (κ1) is 41.2. The Kier molecular flexibility index (Phi) is 13.2. The van der Waals surface area contributed by atoms with Gasteiger partial charge >= 0.3 is 6.03 Å². The second-order valence-electron chi connectivity index (χ2n) is 16.5. The highest BCUT2D eigenvalue weighted by Gasteiger charge is 2.70. The number of amides is 5. The van der Waals surface area contributed by atoms with Crippen molar-refractivity contribution < 1.29 is 32.4 Å². The predicted molar refractivity (Wildman–Crippen MR) is 192 cm³/mol. The van der Waals surface area contributed by atoms with Crippen molar-refractivity contribution in [2.75, 3.05) is 32.9 Å². The van der Waals surface area contributed by atoms with E-state index in [1.165, 1.54) is 11.4 Å². The number of terminal acetylenes is 1. The summed E-state index contributed by atoms with van der Waals surface area (Å²) >= 11 is 0. The minimum Gasteiger partial charge on any atom is -0.349 e. The molecule has 5 amide bonds. The van der Waals surface area contributed by atoms with Gasteiger partial charge in [-0.15, -0.1) is 12.3 Å². The Balaban J connectivity index is 1.92. The van der Waals surface area contributed by atoms with Gasteiger partial charge in [-0.2, -0.15) is 0 Å². The number of likely N-dealkylation sites (N-methyl/N-ethyl adjacent to an activating group) is 1. The zero-order valence-electron chi connectivity index (χ0n) is 31.5. The molecule has 2 saturated carbocycles. The van der Waals surface area contributed by atoms with Gasteiger partial charge in [0.2, 0.25) is 27.6 Å². The Bertz CT molecular complexity index is 1440. The molecule has 4 N–H and O–H groups in total. The lowest BCUT2D eigenvalue weighted by molar-refractivity contribution is -0.146. The second-order valence-corrected chi connectivity index (χ2v) is 18.6. The predicted octanol–water partition coefficient (Wildman–Crippen LogP) is 2.41. The fraction of sp³-hybridized carbons (Fsp3) is 0.806. The molecule has 1 unspecified atom stereocenters. The molecule has 3 fully saturated rings. The van der Waals surface area contributed by atoms with E-state index in [9.17, 15) is 32.4 Å². The summed E-state index contributed by atoms with van der Waals surface area (Å²) in [5.41, 5.74) is -1.34. The summed E-state index contributed by atoms with van der Waals surface area (Å²) in [6.45, 7) is 14.3. The summed E-state index contributed by atoms with van der Waals surface area (Å²) in [6.07, 6.45) is 11.6. The van der Waals surface area contributed by atoms with Crippen molar-refractivity contribution in [2.24, 2.45) is 28.1 Å². The molecule has 13 nitrogen and oxygen atoms in total. The van der Waals surface area contributed by atoms with E-state index in [2.05, 4.69) is 41.0 Å². The highest BCUT2D eigenvalue weighted by Crippen LogP contribution is 2.65. The number of Topliss-reactive ketones (excluding diaryl/α,β-unsaturated/α-hetero) is 1. The minimum atomic E-state index is -3.51. The molecule has 0 aromatic heterocycles. The summed E-state index contributed by atoms with van der Waals surface area (Å²) in [4.78, 5) is 69.9. The molecular weight excluding hydrogens is 660 g/mol. The topological polar surface area (TPSA) is 174 Å². The summed E-state index contributed by atoms with van der Waals surface area (Å²) in [5, 5.41) is 11.3. The number of urea groups is 1. The van der Waals surface area contributed by atoms with Crippen molar-refractivity contribution >= 4 is 39.6 Å². The lowest BCUT2D eigenvalue weighted by Gasteiger charge is -2.43. The number of hydrogen-bond donors (Lipinski definition) is 4. The smallest absolute Gasteiger partial charge is 0.315 e. The molecule has 282 valence electrons. The van der Waals surface area contributed by atoms with Crippen LogP contribution in [0.1, 0.15) is 99.8 Å². The molecule has 14 heteroatoms. The Morgan fingerprint density at radius 2 is 1.64 bits per heavy atom. The Morgan fingerprint density at radius 3 is 2.18 bits per heavy atom. The first-order valence-electron chi connectivity index (χ1n) is 17.9. The first-order valence-corrected chi connectivity index (χ1v) is 19.8. The number of nitrogens with one attached hydrogen (secondary N) is 4. The monoisotopic (exact) mass is 720 g/mol. The number of rotatable bonds is 15. The van der Waals surface area contributed by atoms with Crippen LogP contribution in [0.25, 0.3) is 0 Å². The van der Waals surface area contributed by atoms with Crippen LogP contribution in [0, 0.1) is 40.4 Å². The van der Waals surface area contributed by atoms with Gasteiger partial charge in [0.15, 0.2) is 0 Å². The van der Waals surface area contributed by atoms with Gasteiger partial charge in [0.1, 0.15) is 12.1 Å². The van der Waals surface area contributed by atoms with Crippen LogP contribution < -0.4 is 21.3 Å². The van der Waals surface area contributed by atoms with Gasteiger partial charge in [0.05, 0.1) is 12.3 Å². The number of hydrogen-bond acceptors (Lipinski definition) is 7. The summed E-state index contributed by atoms with van der Waals surface area (Å²) < 4.78 is 25.6. The van der Waals surface area contributed by atoms with Crippen LogP contribution in [0.15, 0.2) is 0 Å². The normalized spacial score (nSPS) is 24.2. The SMILES string of the molecule is C#CCCC(NC(=O)[C@@H]1[C@@H]2[C@H](CN1C(=O)[C@@H](NC(=O)N[C@H](CN(C)S(C)(=O)=O)C(C)(C)C)C1(C)CCCCC1)C2(C)C)C(=O)C(=O)NCCC. The Morgan fingerprint density at radius 1 is 1.02 bits per heavy atom. The number of sulfonamides is 1. The highest BCUT2D eigenvalue weighted by molar-refractivity contribution is 7.88. The third-order valence-corrected chi connectivity index (χ3v) is 12.6. The van der Waals surface area contributed by atoms with Crippen molar-refractivity contribution in [3.05, 3.63) is 0 Å². The third kappa shape index (κ3) is 9.57. The van der Waals surface area contributed by atoms with Crippen molar-refractivity contribution in [3.63, 3.8) is 0 Å². The van der Waals surface area contributed by atoms with Gasteiger partial charge in [-0.3, -0.25) is 19.2 Å². The molecule has 1 heterocycles. The van der Waals surface area contributed by atoms with Gasteiger partial charge in [0, 0.05) is 39.1 Å². The van der Waals surface area contributed by atoms with E-state index in [1.807, 2.05) is 34.6 Å². The first-order chi connectivity index (χ1) is 23.1. The standard InChI is InChI=1S/C36H60N6O7S/c1-11-13-17-24(28(43)31(45)37-20-12-2)38-30(44)27-26-23(35(26,6)7)21-42(27)32(46)29(36(8)18-15-14-16-19-36)40-33(47)39-25(34(3,4)5)22-41(9)50(10,48)49/h1,23-27,29H,12-22H2,2-10H3,(H,37,45)(H,38,44)(H2,39,40,47)/t23-,24?,25+,26-,27-,29+/m0/s1. The molecule has 3 rings (SSSR count). The molecule has 50 heavy (non-hydrogen) atoms. The maximum Gasteiger partial charge on any atom is 0.315 e. The number of nitrogens with zero attached hydrogens (tertiary/aromatic N) is 2. The molecule has 3 aliphatic rings. The fourth-order valence-corrected chi connectivity index (χ4v) is 8.08. The number of ketones is 1. The fourth-order valence-electron chi connectivity index (χ4n) is 7.66. The average molecular weight is 721 g/mol. The van der Waals surface area contributed by atoms with Crippen LogP contribution in [0.4, 0.5) is 4.79 Å². The van der Waals surface area contributed by atoms with E-state index in [-0.39, 0.29) is 42.5 Å². The van der Waals surface area contributed by atoms with E-state index in [4.69, 9.17) is 6.42 Å². The maximum absolute atomic E-state index is 14.7. The molecule has 0 radical (unpaired) electrons. The van der Waals surface area contributed by atoms with Crippen LogP contribution in [-0.2, 0) is 29.2 Å². The van der Waals surface area contributed by atoms with Gasteiger partial charge in [-0.1, -0.05) is 67.7 Å². The molecule has 2 aliphatic carbocycles. The zero-order chi connectivity index (χ0) is 37.8. The number of carbonyl (C=O) groups is 5. The van der Waals surface area contributed by atoms with Crippen molar-refractivity contribution in [2.45, 2.75) is 124 Å². The number of piperidine rings is 1. The summed E-state index contributed by atoms with van der Waals surface area (Å²) in [6, 6.07) is -4.20. The largest absolute Gasteiger partial charge is 0.349 e. The van der Waals surface area contributed by atoms with Crippen molar-refractivity contribution in [3.8, 4) is 12.3 Å². The van der Waals surface area contributed by atoms with E-state index < -0.39 is 68.6 Å². The van der Waals surface area contributed by atoms with Crippen molar-refractivity contribution in [1.82, 2.24) is 30.5 Å². The van der Waals surface area contributed by atoms with Crippen molar-refractivity contribution in [1.29, 1.82) is 0 Å². The van der Waals surface area contributed by atoms with Crippen LogP contribution >= 0.6 is 0 Å². The number of fused-ring (bicyclic) bond motifs is 1. The Hall–Kier alpha value is -3.18. The maximum atomic E-state index is 14.7. The van der Waals surface area contributed by atoms with Gasteiger partial charge in [-0.25, -0.2) is 17.5 Å².